The second-order valence-electron chi connectivity index (χ2n) is 5.26. The normalized spacial score (nSPS) is 19.5. The largest absolute Gasteiger partial charge is 0.369 e. The van der Waals surface area contributed by atoms with Gasteiger partial charge in [0.15, 0.2) is 0 Å². The Labute approximate surface area is 104 Å². The van der Waals surface area contributed by atoms with Crippen LogP contribution in [0.25, 0.3) is 0 Å². The molecular formula is C15H23NO. The van der Waals surface area contributed by atoms with Crippen LogP contribution in [0, 0.1) is 5.92 Å². The SMILES string of the molecule is CC(C)OC(c1ccccn1)C1CCCCC1. The number of ether oxygens (including phenoxy) is 1. The van der Waals surface area contributed by atoms with Gasteiger partial charge in [0, 0.05) is 6.20 Å². The van der Waals surface area contributed by atoms with E-state index in [0.717, 1.165) is 5.69 Å². The highest BCUT2D eigenvalue weighted by atomic mass is 16.5. The zero-order valence-corrected chi connectivity index (χ0v) is 10.9. The molecule has 0 aromatic carbocycles. The Morgan fingerprint density at radius 1 is 1.18 bits per heavy atom. The average molecular weight is 233 g/mol. The van der Waals surface area contributed by atoms with Crippen molar-refractivity contribution in [2.45, 2.75) is 58.2 Å². The molecule has 17 heavy (non-hydrogen) atoms. The average Bonchev–Trinajstić information content (AvgIpc) is 2.38. The lowest BCUT2D eigenvalue weighted by molar-refractivity contribution is -0.0400. The van der Waals surface area contributed by atoms with Gasteiger partial charge < -0.3 is 4.74 Å². The first-order chi connectivity index (χ1) is 8.27. The Balaban J connectivity index is 2.12. The number of nitrogens with zero attached hydrogens (tertiary/aromatic N) is 1. The van der Waals surface area contributed by atoms with E-state index in [4.69, 9.17) is 4.74 Å². The van der Waals surface area contributed by atoms with Crippen LogP contribution >= 0.6 is 0 Å². The summed E-state index contributed by atoms with van der Waals surface area (Å²) in [4.78, 5) is 4.48. The van der Waals surface area contributed by atoms with E-state index in [1.807, 2.05) is 12.3 Å². The van der Waals surface area contributed by atoms with Crippen molar-refractivity contribution in [2.75, 3.05) is 0 Å². The molecule has 0 bridgehead atoms. The monoisotopic (exact) mass is 233 g/mol. The molecule has 0 N–H and O–H groups in total. The first kappa shape index (κ1) is 12.6. The zero-order chi connectivity index (χ0) is 12.1. The van der Waals surface area contributed by atoms with Gasteiger partial charge in [0.1, 0.15) is 6.10 Å². The summed E-state index contributed by atoms with van der Waals surface area (Å²) in [6.45, 7) is 4.22. The predicted octanol–water partition coefficient (Wildman–Crippen LogP) is 4.13. The Hall–Kier alpha value is -0.890. The summed E-state index contributed by atoms with van der Waals surface area (Å²) in [5.74, 6) is 0.654. The molecule has 0 amide bonds. The molecule has 1 fully saturated rings. The van der Waals surface area contributed by atoms with Crippen LogP contribution < -0.4 is 0 Å². The van der Waals surface area contributed by atoms with Gasteiger partial charge in [-0.25, -0.2) is 0 Å². The van der Waals surface area contributed by atoms with Crippen LogP contribution in [0.15, 0.2) is 24.4 Å². The summed E-state index contributed by atoms with van der Waals surface area (Å²) >= 11 is 0. The van der Waals surface area contributed by atoms with Crippen molar-refractivity contribution < 1.29 is 4.74 Å². The molecule has 2 rings (SSSR count). The molecule has 1 atom stereocenters. The molecule has 0 spiro atoms. The van der Waals surface area contributed by atoms with E-state index in [-0.39, 0.29) is 12.2 Å². The molecule has 0 saturated heterocycles. The van der Waals surface area contributed by atoms with Crippen LogP contribution in [0.5, 0.6) is 0 Å². The highest BCUT2D eigenvalue weighted by Crippen LogP contribution is 2.36. The van der Waals surface area contributed by atoms with Crippen LogP contribution in [-0.2, 0) is 4.74 Å². The second kappa shape index (κ2) is 6.15. The Morgan fingerprint density at radius 2 is 1.94 bits per heavy atom. The Bertz CT molecular complexity index is 317. The maximum atomic E-state index is 6.11. The van der Waals surface area contributed by atoms with Gasteiger partial charge in [-0.05, 0) is 44.7 Å². The molecule has 2 nitrogen and oxygen atoms in total. The Morgan fingerprint density at radius 3 is 2.53 bits per heavy atom. The Kier molecular flexibility index (Phi) is 4.55. The van der Waals surface area contributed by atoms with E-state index < -0.39 is 0 Å². The van der Waals surface area contributed by atoms with Crippen LogP contribution in [0.1, 0.15) is 57.7 Å². The van der Waals surface area contributed by atoms with Gasteiger partial charge in [-0.15, -0.1) is 0 Å². The van der Waals surface area contributed by atoms with Gasteiger partial charge >= 0.3 is 0 Å². The van der Waals surface area contributed by atoms with Crippen LogP contribution in [0.3, 0.4) is 0 Å². The maximum absolute atomic E-state index is 6.11. The van der Waals surface area contributed by atoms with E-state index in [0.29, 0.717) is 5.92 Å². The molecule has 1 aromatic rings. The third kappa shape index (κ3) is 3.53. The molecule has 1 aliphatic carbocycles. The molecular weight excluding hydrogens is 210 g/mol. The lowest BCUT2D eigenvalue weighted by atomic mass is 9.84. The van der Waals surface area contributed by atoms with Crippen molar-refractivity contribution in [3.63, 3.8) is 0 Å². The first-order valence-electron chi connectivity index (χ1n) is 6.84. The number of hydrogen-bond acceptors (Lipinski definition) is 2. The lowest BCUT2D eigenvalue weighted by Crippen LogP contribution is -2.22. The lowest BCUT2D eigenvalue weighted by Gasteiger charge is -2.31. The molecule has 1 saturated carbocycles. The van der Waals surface area contributed by atoms with Crippen molar-refractivity contribution in [3.8, 4) is 0 Å². The number of hydrogen-bond donors (Lipinski definition) is 0. The number of rotatable bonds is 4. The zero-order valence-electron chi connectivity index (χ0n) is 10.9. The minimum atomic E-state index is 0.191. The maximum Gasteiger partial charge on any atom is 0.103 e. The van der Waals surface area contributed by atoms with Gasteiger partial charge in [-0.2, -0.15) is 0 Å². The molecule has 1 unspecified atom stereocenters. The van der Waals surface area contributed by atoms with Gasteiger partial charge in [0.05, 0.1) is 11.8 Å². The van der Waals surface area contributed by atoms with E-state index >= 15 is 0 Å². The van der Waals surface area contributed by atoms with Crippen LogP contribution in [0.2, 0.25) is 0 Å². The fraction of sp³-hybridized carbons (Fsp3) is 0.667. The van der Waals surface area contributed by atoms with Gasteiger partial charge in [0.25, 0.3) is 0 Å². The fourth-order valence-electron chi connectivity index (χ4n) is 2.70. The van der Waals surface area contributed by atoms with Gasteiger partial charge in [0.2, 0.25) is 0 Å². The quantitative estimate of drug-likeness (QED) is 0.780. The molecule has 1 aromatic heterocycles. The van der Waals surface area contributed by atoms with E-state index in [1.165, 1.54) is 32.1 Å². The molecule has 1 aliphatic rings. The van der Waals surface area contributed by atoms with E-state index in [1.54, 1.807) is 0 Å². The molecule has 0 radical (unpaired) electrons. The molecule has 2 heteroatoms. The van der Waals surface area contributed by atoms with Crippen molar-refractivity contribution in [3.05, 3.63) is 30.1 Å². The minimum absolute atomic E-state index is 0.191. The summed E-state index contributed by atoms with van der Waals surface area (Å²) < 4.78 is 6.11. The second-order valence-corrected chi connectivity index (χ2v) is 5.26. The van der Waals surface area contributed by atoms with E-state index in [9.17, 15) is 0 Å². The third-order valence-electron chi connectivity index (χ3n) is 3.48. The molecule has 1 heterocycles. The number of aromatic nitrogens is 1. The summed E-state index contributed by atoms with van der Waals surface area (Å²) in [5.41, 5.74) is 1.10. The smallest absolute Gasteiger partial charge is 0.103 e. The fourth-order valence-corrected chi connectivity index (χ4v) is 2.70. The van der Waals surface area contributed by atoms with Gasteiger partial charge in [-0.1, -0.05) is 25.3 Å². The first-order valence-corrected chi connectivity index (χ1v) is 6.84. The minimum Gasteiger partial charge on any atom is -0.369 e. The molecule has 0 aliphatic heterocycles. The predicted molar refractivity (Wildman–Crippen MR) is 69.8 cm³/mol. The van der Waals surface area contributed by atoms with Crippen LogP contribution in [-0.4, -0.2) is 11.1 Å². The van der Waals surface area contributed by atoms with Crippen LogP contribution in [0.4, 0.5) is 0 Å². The highest BCUT2D eigenvalue weighted by molar-refractivity contribution is 5.08. The van der Waals surface area contributed by atoms with Crippen molar-refractivity contribution in [1.29, 1.82) is 0 Å². The summed E-state index contributed by atoms with van der Waals surface area (Å²) in [7, 11) is 0. The number of pyridine rings is 1. The summed E-state index contributed by atoms with van der Waals surface area (Å²) in [6.07, 6.45) is 8.97. The molecule has 94 valence electrons. The van der Waals surface area contributed by atoms with E-state index in [2.05, 4.69) is 31.0 Å². The third-order valence-corrected chi connectivity index (χ3v) is 3.48. The van der Waals surface area contributed by atoms with Crippen molar-refractivity contribution >= 4 is 0 Å². The topological polar surface area (TPSA) is 22.1 Å². The standard InChI is InChI=1S/C15H23NO/c1-12(2)17-15(13-8-4-3-5-9-13)14-10-6-7-11-16-14/h6-7,10-13,15H,3-5,8-9H2,1-2H3. The van der Waals surface area contributed by atoms with Crippen molar-refractivity contribution in [1.82, 2.24) is 4.98 Å². The van der Waals surface area contributed by atoms with Crippen molar-refractivity contribution in [2.24, 2.45) is 5.92 Å². The summed E-state index contributed by atoms with van der Waals surface area (Å²) in [5, 5.41) is 0. The highest BCUT2D eigenvalue weighted by Gasteiger charge is 2.27. The summed E-state index contributed by atoms with van der Waals surface area (Å²) in [6, 6.07) is 6.13. The van der Waals surface area contributed by atoms with Gasteiger partial charge in [-0.3, -0.25) is 4.98 Å².